The number of carbonyl (C=O) groups is 2. The van der Waals surface area contributed by atoms with E-state index >= 15 is 0 Å². The minimum absolute atomic E-state index is 0.143. The van der Waals surface area contributed by atoms with Gasteiger partial charge in [-0.25, -0.2) is 0 Å². The zero-order valence-corrected chi connectivity index (χ0v) is 9.92. The molecule has 0 aromatic rings. The van der Waals surface area contributed by atoms with E-state index in [-0.39, 0.29) is 24.7 Å². The largest absolute Gasteiger partial charge is 0.481 e. The topological polar surface area (TPSA) is 74.6 Å². The number of carboxylic acids is 2. The Hall–Kier alpha value is -0.710. The van der Waals surface area contributed by atoms with E-state index in [4.69, 9.17) is 10.2 Å². The molecule has 0 aliphatic heterocycles. The summed E-state index contributed by atoms with van der Waals surface area (Å²) in [6.07, 6.45) is 0.362. The minimum atomic E-state index is -0.776. The lowest BCUT2D eigenvalue weighted by Crippen LogP contribution is -2.10. The fraction of sp³-hybridized carbons (Fsp3) is 0.800. The zero-order valence-electron chi connectivity index (χ0n) is 9.10. The van der Waals surface area contributed by atoms with E-state index in [0.29, 0.717) is 0 Å². The maximum atomic E-state index is 10.4. The maximum Gasteiger partial charge on any atom is 0.303 e. The molecule has 0 bridgehead atoms. The first-order valence-corrected chi connectivity index (χ1v) is 6.08. The molecule has 0 fully saturated rings. The summed E-state index contributed by atoms with van der Waals surface area (Å²) >= 11 is 1.63. The fourth-order valence-electron chi connectivity index (χ4n) is 1.18. The Labute approximate surface area is 94.1 Å². The van der Waals surface area contributed by atoms with Crippen LogP contribution in [0.15, 0.2) is 0 Å². The second-order valence-electron chi connectivity index (χ2n) is 3.94. The highest BCUT2D eigenvalue weighted by Crippen LogP contribution is 2.16. The van der Waals surface area contributed by atoms with Crippen LogP contribution in [0.2, 0.25) is 0 Å². The highest BCUT2D eigenvalue weighted by atomic mass is 32.2. The number of thioether (sulfide) groups is 1. The van der Waals surface area contributed by atoms with E-state index in [1.807, 2.05) is 13.8 Å². The average Bonchev–Trinajstić information content (AvgIpc) is 2.00. The van der Waals surface area contributed by atoms with E-state index in [1.54, 1.807) is 11.8 Å². The third-order valence-electron chi connectivity index (χ3n) is 1.85. The van der Waals surface area contributed by atoms with Crippen molar-refractivity contribution in [2.75, 3.05) is 11.5 Å². The molecule has 2 N–H and O–H groups in total. The zero-order chi connectivity index (χ0) is 11.8. The summed E-state index contributed by atoms with van der Waals surface area (Å²) in [6, 6.07) is 0. The van der Waals surface area contributed by atoms with Crippen LogP contribution in [-0.4, -0.2) is 33.7 Å². The van der Waals surface area contributed by atoms with Crippen molar-refractivity contribution >= 4 is 23.7 Å². The molecular formula is C10H18O4S. The van der Waals surface area contributed by atoms with Gasteiger partial charge in [-0.1, -0.05) is 13.8 Å². The third-order valence-corrected chi connectivity index (χ3v) is 3.46. The standard InChI is InChI=1S/C10H18O4S/c1-7(3-9(11)12)5-15-6-8(2)4-10(13)14/h7-8H,3-6H2,1-2H3,(H,11,12)(H,13,14). The second-order valence-corrected chi connectivity index (χ2v) is 5.02. The first-order chi connectivity index (χ1) is 6.91. The molecule has 0 amide bonds. The van der Waals surface area contributed by atoms with E-state index in [9.17, 15) is 9.59 Å². The first-order valence-electron chi connectivity index (χ1n) is 4.93. The Morgan fingerprint density at radius 3 is 1.60 bits per heavy atom. The Morgan fingerprint density at radius 1 is 1.00 bits per heavy atom. The average molecular weight is 234 g/mol. The molecule has 4 nitrogen and oxygen atoms in total. The van der Waals surface area contributed by atoms with Gasteiger partial charge in [-0.15, -0.1) is 0 Å². The second kappa shape index (κ2) is 7.56. The summed E-state index contributed by atoms with van der Waals surface area (Å²) in [5.41, 5.74) is 0. The highest BCUT2D eigenvalue weighted by molar-refractivity contribution is 7.99. The maximum absolute atomic E-state index is 10.4. The van der Waals surface area contributed by atoms with Gasteiger partial charge in [0, 0.05) is 12.8 Å². The van der Waals surface area contributed by atoms with E-state index < -0.39 is 11.9 Å². The van der Waals surface area contributed by atoms with Gasteiger partial charge in [-0.3, -0.25) is 9.59 Å². The Morgan fingerprint density at radius 2 is 1.33 bits per heavy atom. The van der Waals surface area contributed by atoms with Crippen LogP contribution in [0.25, 0.3) is 0 Å². The molecule has 2 atom stereocenters. The van der Waals surface area contributed by atoms with Crippen molar-refractivity contribution < 1.29 is 19.8 Å². The molecule has 2 unspecified atom stereocenters. The van der Waals surface area contributed by atoms with Gasteiger partial charge < -0.3 is 10.2 Å². The number of carboxylic acid groups (broad SMARTS) is 2. The van der Waals surface area contributed by atoms with E-state index in [1.165, 1.54) is 0 Å². The van der Waals surface area contributed by atoms with Crippen LogP contribution in [0.1, 0.15) is 26.7 Å². The SMILES string of the molecule is CC(CSCC(C)CC(=O)O)CC(=O)O. The van der Waals surface area contributed by atoms with Crippen LogP contribution in [0.5, 0.6) is 0 Å². The Bertz CT molecular complexity index is 195. The van der Waals surface area contributed by atoms with Gasteiger partial charge in [0.1, 0.15) is 0 Å². The minimum Gasteiger partial charge on any atom is -0.481 e. The summed E-state index contributed by atoms with van der Waals surface area (Å²) < 4.78 is 0. The van der Waals surface area contributed by atoms with Crippen molar-refractivity contribution in [3.05, 3.63) is 0 Å². The molecule has 0 heterocycles. The molecule has 0 rings (SSSR count). The van der Waals surface area contributed by atoms with Gasteiger partial charge in [0.15, 0.2) is 0 Å². The predicted octanol–water partition coefficient (Wildman–Crippen LogP) is 1.94. The van der Waals surface area contributed by atoms with Gasteiger partial charge in [-0.05, 0) is 23.3 Å². The number of hydrogen-bond donors (Lipinski definition) is 2. The van der Waals surface area contributed by atoms with Crippen LogP contribution >= 0.6 is 11.8 Å². The van der Waals surface area contributed by atoms with Gasteiger partial charge in [-0.2, -0.15) is 11.8 Å². The summed E-state index contributed by atoms with van der Waals surface area (Å²) in [7, 11) is 0. The van der Waals surface area contributed by atoms with Crippen molar-refractivity contribution in [3.63, 3.8) is 0 Å². The van der Waals surface area contributed by atoms with E-state index in [0.717, 1.165) is 11.5 Å². The molecule has 0 aliphatic carbocycles. The molecule has 15 heavy (non-hydrogen) atoms. The molecular weight excluding hydrogens is 216 g/mol. The molecule has 0 saturated heterocycles. The van der Waals surface area contributed by atoms with Crippen molar-refractivity contribution in [2.45, 2.75) is 26.7 Å². The fourth-order valence-corrected chi connectivity index (χ4v) is 2.36. The van der Waals surface area contributed by atoms with Crippen LogP contribution in [0.3, 0.4) is 0 Å². The third kappa shape index (κ3) is 9.59. The molecule has 0 aliphatic rings. The summed E-state index contributed by atoms with van der Waals surface area (Å²) in [4.78, 5) is 20.7. The normalized spacial score (nSPS) is 14.5. The molecule has 0 spiro atoms. The smallest absolute Gasteiger partial charge is 0.303 e. The van der Waals surface area contributed by atoms with Crippen LogP contribution < -0.4 is 0 Å². The van der Waals surface area contributed by atoms with Crippen LogP contribution in [0, 0.1) is 11.8 Å². The van der Waals surface area contributed by atoms with Crippen molar-refractivity contribution in [1.82, 2.24) is 0 Å². The van der Waals surface area contributed by atoms with Gasteiger partial charge in [0.25, 0.3) is 0 Å². The van der Waals surface area contributed by atoms with Gasteiger partial charge >= 0.3 is 11.9 Å². The first kappa shape index (κ1) is 14.3. The van der Waals surface area contributed by atoms with Crippen molar-refractivity contribution in [2.24, 2.45) is 11.8 Å². The van der Waals surface area contributed by atoms with Crippen molar-refractivity contribution in [3.8, 4) is 0 Å². The number of aliphatic carboxylic acids is 2. The quantitative estimate of drug-likeness (QED) is 0.671. The Balaban J connectivity index is 3.52. The molecule has 0 aromatic carbocycles. The summed E-state index contributed by atoms with van der Waals surface area (Å²) in [5, 5.41) is 17.0. The summed E-state index contributed by atoms with van der Waals surface area (Å²) in [5.74, 6) is 0.282. The summed E-state index contributed by atoms with van der Waals surface area (Å²) in [6.45, 7) is 3.78. The number of hydrogen-bond acceptors (Lipinski definition) is 3. The molecule has 0 radical (unpaired) electrons. The number of rotatable bonds is 8. The van der Waals surface area contributed by atoms with Gasteiger partial charge in [0.05, 0.1) is 0 Å². The molecule has 0 saturated carbocycles. The predicted molar refractivity (Wildman–Crippen MR) is 60.2 cm³/mol. The molecule has 88 valence electrons. The molecule has 0 aromatic heterocycles. The van der Waals surface area contributed by atoms with Crippen molar-refractivity contribution in [1.29, 1.82) is 0 Å². The highest BCUT2D eigenvalue weighted by Gasteiger charge is 2.10. The van der Waals surface area contributed by atoms with E-state index in [2.05, 4.69) is 0 Å². The molecule has 5 heteroatoms. The lowest BCUT2D eigenvalue weighted by atomic mass is 10.1. The van der Waals surface area contributed by atoms with Gasteiger partial charge in [0.2, 0.25) is 0 Å². The lowest BCUT2D eigenvalue weighted by Gasteiger charge is -2.11. The Kier molecular flexibility index (Phi) is 7.21. The van der Waals surface area contributed by atoms with Crippen LogP contribution in [0.4, 0.5) is 0 Å². The lowest BCUT2D eigenvalue weighted by molar-refractivity contribution is -0.138. The van der Waals surface area contributed by atoms with Crippen LogP contribution in [-0.2, 0) is 9.59 Å². The monoisotopic (exact) mass is 234 g/mol.